The van der Waals surface area contributed by atoms with Gasteiger partial charge in [-0.25, -0.2) is 0 Å². The average Bonchev–Trinajstić information content (AvgIpc) is 2.40. The molecule has 1 aliphatic rings. The maximum atomic E-state index is 5.95. The fraction of sp³-hybridized carbons (Fsp3) is 0.625. The van der Waals surface area contributed by atoms with Crippen LogP contribution in [0.25, 0.3) is 0 Å². The monoisotopic (exact) mass is 280 g/mol. The lowest BCUT2D eigenvalue weighted by molar-refractivity contribution is 0.0576. The molecule has 1 aromatic carbocycles. The van der Waals surface area contributed by atoms with Crippen molar-refractivity contribution in [3.05, 3.63) is 34.9 Å². The van der Waals surface area contributed by atoms with Gasteiger partial charge in [0.05, 0.1) is 0 Å². The van der Waals surface area contributed by atoms with Gasteiger partial charge >= 0.3 is 0 Å². The second kappa shape index (κ2) is 6.74. The van der Waals surface area contributed by atoms with Crippen molar-refractivity contribution in [1.82, 2.24) is 4.90 Å². The molecule has 2 nitrogen and oxygen atoms in total. The molecule has 3 unspecified atom stereocenters. The Balaban J connectivity index is 2.04. The van der Waals surface area contributed by atoms with Gasteiger partial charge in [0.15, 0.2) is 0 Å². The molecule has 0 amide bonds. The highest BCUT2D eigenvalue weighted by molar-refractivity contribution is 6.30. The highest BCUT2D eigenvalue weighted by Gasteiger charge is 2.30. The molecule has 1 heterocycles. The molecule has 2 rings (SSSR count). The van der Waals surface area contributed by atoms with Gasteiger partial charge in [0.2, 0.25) is 0 Å². The molecular formula is C16H25ClN2. The fourth-order valence-electron chi connectivity index (χ4n) is 3.41. The number of nitrogens with zero attached hydrogens (tertiary/aromatic N) is 1. The van der Waals surface area contributed by atoms with E-state index in [0.29, 0.717) is 18.1 Å². The van der Waals surface area contributed by atoms with Crippen molar-refractivity contribution in [3.8, 4) is 0 Å². The Morgan fingerprint density at radius 3 is 2.63 bits per heavy atom. The Labute approximate surface area is 121 Å². The van der Waals surface area contributed by atoms with E-state index in [1.807, 2.05) is 12.1 Å². The highest BCUT2D eigenvalue weighted by atomic mass is 35.5. The van der Waals surface area contributed by atoms with E-state index < -0.39 is 0 Å². The summed E-state index contributed by atoms with van der Waals surface area (Å²) in [5.74, 6) is 0. The van der Waals surface area contributed by atoms with Gasteiger partial charge in [0.25, 0.3) is 0 Å². The topological polar surface area (TPSA) is 29.3 Å². The molecule has 0 aromatic heterocycles. The molecule has 1 aromatic rings. The van der Waals surface area contributed by atoms with Gasteiger partial charge in [-0.3, -0.25) is 4.90 Å². The van der Waals surface area contributed by atoms with Crippen LogP contribution < -0.4 is 5.73 Å². The van der Waals surface area contributed by atoms with Crippen LogP contribution in [-0.2, 0) is 6.42 Å². The number of piperidine rings is 1. The zero-order chi connectivity index (χ0) is 13.8. The summed E-state index contributed by atoms with van der Waals surface area (Å²) in [6.45, 7) is 5.43. The first kappa shape index (κ1) is 14.8. The fourth-order valence-corrected chi connectivity index (χ4v) is 3.53. The van der Waals surface area contributed by atoms with Crippen LogP contribution >= 0.6 is 11.6 Å². The van der Waals surface area contributed by atoms with Gasteiger partial charge in [-0.15, -0.1) is 0 Å². The molecule has 1 saturated heterocycles. The number of halogens is 1. The molecule has 2 N–H and O–H groups in total. The van der Waals surface area contributed by atoms with Crippen LogP contribution in [0.3, 0.4) is 0 Å². The number of likely N-dealkylation sites (tertiary alicyclic amines) is 1. The van der Waals surface area contributed by atoms with Gasteiger partial charge in [-0.1, -0.05) is 30.2 Å². The molecule has 0 aliphatic carbocycles. The summed E-state index contributed by atoms with van der Waals surface area (Å²) in [5, 5.41) is 0.808. The minimum absolute atomic E-state index is 0.532. The largest absolute Gasteiger partial charge is 0.329 e. The first-order chi connectivity index (χ1) is 9.11. The minimum atomic E-state index is 0.532. The third-order valence-electron chi connectivity index (χ3n) is 4.32. The molecule has 106 valence electrons. The van der Waals surface area contributed by atoms with Crippen LogP contribution in [0.1, 0.15) is 38.7 Å². The number of rotatable bonds is 4. The lowest BCUT2D eigenvalue weighted by Crippen LogP contribution is -2.53. The van der Waals surface area contributed by atoms with Crippen LogP contribution in [0.15, 0.2) is 24.3 Å². The molecule has 3 atom stereocenters. The summed E-state index contributed by atoms with van der Waals surface area (Å²) in [6.07, 6.45) is 4.92. The Kier molecular flexibility index (Phi) is 5.26. The summed E-state index contributed by atoms with van der Waals surface area (Å²) in [4.78, 5) is 2.62. The second-order valence-corrected chi connectivity index (χ2v) is 6.23. The number of nitrogens with two attached hydrogens (primary N) is 1. The number of hydrogen-bond donors (Lipinski definition) is 1. The summed E-state index contributed by atoms with van der Waals surface area (Å²) in [7, 11) is 0. The Morgan fingerprint density at radius 2 is 2.00 bits per heavy atom. The number of benzene rings is 1. The predicted octanol–water partition coefficient (Wildman–Crippen LogP) is 3.47. The molecule has 0 bridgehead atoms. The van der Waals surface area contributed by atoms with Crippen molar-refractivity contribution in [1.29, 1.82) is 0 Å². The van der Waals surface area contributed by atoms with E-state index in [4.69, 9.17) is 17.3 Å². The quantitative estimate of drug-likeness (QED) is 0.915. The lowest BCUT2D eigenvalue weighted by Gasteiger charge is -2.44. The smallest absolute Gasteiger partial charge is 0.0406 e. The van der Waals surface area contributed by atoms with E-state index in [9.17, 15) is 0 Å². The summed E-state index contributed by atoms with van der Waals surface area (Å²) in [6, 6.07) is 9.93. The third-order valence-corrected chi connectivity index (χ3v) is 4.57. The van der Waals surface area contributed by atoms with E-state index in [1.54, 1.807) is 0 Å². The van der Waals surface area contributed by atoms with Crippen LogP contribution in [0.4, 0.5) is 0 Å². The van der Waals surface area contributed by atoms with Gasteiger partial charge in [-0.2, -0.15) is 0 Å². The van der Waals surface area contributed by atoms with Crippen molar-refractivity contribution in [3.63, 3.8) is 0 Å². The zero-order valence-corrected chi connectivity index (χ0v) is 12.7. The van der Waals surface area contributed by atoms with E-state index in [-0.39, 0.29) is 0 Å². The van der Waals surface area contributed by atoms with E-state index in [2.05, 4.69) is 30.9 Å². The summed E-state index contributed by atoms with van der Waals surface area (Å²) >= 11 is 5.94. The standard InChI is InChI=1S/C16H25ClN2/c1-12-4-3-5-16(11-18)19(12)13(2)10-14-6-8-15(17)9-7-14/h6-9,12-13,16H,3-5,10-11,18H2,1-2H3. The van der Waals surface area contributed by atoms with Crippen molar-refractivity contribution < 1.29 is 0 Å². The molecule has 0 spiro atoms. The lowest BCUT2D eigenvalue weighted by atomic mass is 9.92. The van der Waals surface area contributed by atoms with E-state index >= 15 is 0 Å². The number of hydrogen-bond acceptors (Lipinski definition) is 2. The normalized spacial score (nSPS) is 26.3. The van der Waals surface area contributed by atoms with Gasteiger partial charge in [-0.05, 0) is 50.8 Å². The van der Waals surface area contributed by atoms with Gasteiger partial charge in [0.1, 0.15) is 0 Å². The van der Waals surface area contributed by atoms with Crippen molar-refractivity contribution in [2.75, 3.05) is 6.54 Å². The third kappa shape index (κ3) is 3.71. The molecule has 0 saturated carbocycles. The van der Waals surface area contributed by atoms with Gasteiger partial charge in [0, 0.05) is 29.7 Å². The average molecular weight is 281 g/mol. The van der Waals surface area contributed by atoms with Crippen LogP contribution in [-0.4, -0.2) is 29.6 Å². The van der Waals surface area contributed by atoms with E-state index in [1.165, 1.54) is 24.8 Å². The Hall–Kier alpha value is -0.570. The van der Waals surface area contributed by atoms with Crippen molar-refractivity contribution in [2.24, 2.45) is 5.73 Å². The molecule has 1 aliphatic heterocycles. The van der Waals surface area contributed by atoms with Crippen molar-refractivity contribution >= 4 is 11.6 Å². The maximum Gasteiger partial charge on any atom is 0.0406 e. The Morgan fingerprint density at radius 1 is 1.32 bits per heavy atom. The van der Waals surface area contributed by atoms with Crippen LogP contribution in [0.5, 0.6) is 0 Å². The van der Waals surface area contributed by atoms with Crippen molar-refractivity contribution in [2.45, 2.75) is 57.7 Å². The zero-order valence-electron chi connectivity index (χ0n) is 12.0. The van der Waals surface area contributed by atoms with Crippen LogP contribution in [0, 0.1) is 0 Å². The molecular weight excluding hydrogens is 256 g/mol. The SMILES string of the molecule is CC1CCCC(CN)N1C(C)Cc1ccc(Cl)cc1. The maximum absolute atomic E-state index is 5.95. The molecule has 3 heteroatoms. The molecule has 19 heavy (non-hydrogen) atoms. The highest BCUT2D eigenvalue weighted by Crippen LogP contribution is 2.26. The first-order valence-electron chi connectivity index (χ1n) is 7.33. The molecule has 0 radical (unpaired) electrons. The minimum Gasteiger partial charge on any atom is -0.329 e. The molecule has 1 fully saturated rings. The van der Waals surface area contributed by atoms with Gasteiger partial charge < -0.3 is 5.73 Å². The summed E-state index contributed by atoms with van der Waals surface area (Å²) < 4.78 is 0. The second-order valence-electron chi connectivity index (χ2n) is 5.80. The van der Waals surface area contributed by atoms with Crippen LogP contribution in [0.2, 0.25) is 5.02 Å². The summed E-state index contributed by atoms with van der Waals surface area (Å²) in [5.41, 5.74) is 7.30. The first-order valence-corrected chi connectivity index (χ1v) is 7.71. The van der Waals surface area contributed by atoms with E-state index in [0.717, 1.165) is 18.0 Å². The Bertz CT molecular complexity index is 390. The predicted molar refractivity (Wildman–Crippen MR) is 82.6 cm³/mol.